The zero-order valence-corrected chi connectivity index (χ0v) is 14.4. The highest BCUT2D eigenvalue weighted by Gasteiger charge is 2.39. The Kier molecular flexibility index (Phi) is 6.17. The average molecular weight is 370 g/mol. The van der Waals surface area contributed by atoms with Crippen LogP contribution < -0.4 is 5.32 Å². The fraction of sp³-hybridized carbons (Fsp3) is 0.500. The number of piperazine rings is 1. The van der Waals surface area contributed by atoms with E-state index in [2.05, 4.69) is 5.32 Å². The molecule has 1 heterocycles. The van der Waals surface area contributed by atoms with Crippen LogP contribution in [-0.2, 0) is 10.0 Å². The van der Waals surface area contributed by atoms with Gasteiger partial charge in [0.05, 0.1) is 9.95 Å². The standard InChI is InChI=1S/C12H16ClN3O4S.ClH/c1-8-9(2)15(7-6-14-8)21(19,20)12-10(13)4-3-5-11(12)16(17)18;/h3-5,8-9,14H,6-7H2,1-2H3;1H. The largest absolute Gasteiger partial charge is 0.311 e. The number of rotatable bonds is 3. The normalized spacial score (nSPS) is 22.9. The Morgan fingerprint density at radius 3 is 2.64 bits per heavy atom. The molecule has 124 valence electrons. The van der Waals surface area contributed by atoms with Crippen molar-refractivity contribution in [3.05, 3.63) is 33.3 Å². The molecule has 1 fully saturated rings. The van der Waals surface area contributed by atoms with Crippen LogP contribution in [0.3, 0.4) is 0 Å². The van der Waals surface area contributed by atoms with Gasteiger partial charge in [0.2, 0.25) is 0 Å². The van der Waals surface area contributed by atoms with Gasteiger partial charge in [-0.3, -0.25) is 10.1 Å². The van der Waals surface area contributed by atoms with Crippen molar-refractivity contribution in [2.45, 2.75) is 30.8 Å². The number of hydrogen-bond donors (Lipinski definition) is 1. The molecule has 10 heteroatoms. The molecule has 0 aliphatic carbocycles. The molecular weight excluding hydrogens is 353 g/mol. The molecule has 1 aliphatic heterocycles. The summed E-state index contributed by atoms with van der Waals surface area (Å²) in [6.45, 7) is 4.36. The fourth-order valence-corrected chi connectivity index (χ4v) is 4.75. The van der Waals surface area contributed by atoms with Crippen LogP contribution in [0.15, 0.2) is 23.1 Å². The van der Waals surface area contributed by atoms with Crippen LogP contribution >= 0.6 is 24.0 Å². The van der Waals surface area contributed by atoms with Crippen molar-refractivity contribution >= 4 is 39.7 Å². The number of sulfonamides is 1. The number of nitrogens with one attached hydrogen (secondary N) is 1. The third-order valence-electron chi connectivity index (χ3n) is 3.69. The summed E-state index contributed by atoms with van der Waals surface area (Å²) in [7, 11) is -4.03. The third-order valence-corrected chi connectivity index (χ3v) is 6.19. The Morgan fingerprint density at radius 2 is 2.05 bits per heavy atom. The minimum Gasteiger partial charge on any atom is -0.311 e. The molecule has 1 N–H and O–H groups in total. The predicted octanol–water partition coefficient (Wildman–Crippen LogP) is 2.04. The Morgan fingerprint density at radius 1 is 1.41 bits per heavy atom. The monoisotopic (exact) mass is 369 g/mol. The van der Waals surface area contributed by atoms with Gasteiger partial charge in [0, 0.05) is 31.2 Å². The van der Waals surface area contributed by atoms with Crippen LogP contribution in [-0.4, -0.2) is 42.8 Å². The predicted molar refractivity (Wildman–Crippen MR) is 86.2 cm³/mol. The molecule has 0 aromatic heterocycles. The molecule has 7 nitrogen and oxygen atoms in total. The topological polar surface area (TPSA) is 92.6 Å². The molecule has 0 spiro atoms. The van der Waals surface area contributed by atoms with Crippen molar-refractivity contribution in [3.8, 4) is 0 Å². The zero-order chi connectivity index (χ0) is 15.8. The van der Waals surface area contributed by atoms with Gasteiger partial charge < -0.3 is 5.32 Å². The summed E-state index contributed by atoms with van der Waals surface area (Å²) >= 11 is 5.94. The second-order valence-corrected chi connectivity index (χ2v) is 7.18. The molecule has 0 bridgehead atoms. The Labute approximate surface area is 140 Å². The summed E-state index contributed by atoms with van der Waals surface area (Å²) in [4.78, 5) is 9.94. The van der Waals surface area contributed by atoms with E-state index in [9.17, 15) is 18.5 Å². The Hall–Kier alpha value is -0.930. The van der Waals surface area contributed by atoms with Crippen LogP contribution in [0.1, 0.15) is 13.8 Å². The molecule has 0 saturated carbocycles. The first kappa shape index (κ1) is 19.1. The molecule has 1 aromatic carbocycles. The lowest BCUT2D eigenvalue weighted by atomic mass is 10.1. The van der Waals surface area contributed by atoms with Gasteiger partial charge in [0.15, 0.2) is 4.90 Å². The minimum absolute atomic E-state index is 0. The molecule has 1 aromatic rings. The average Bonchev–Trinajstić information content (AvgIpc) is 2.41. The van der Waals surface area contributed by atoms with Crippen LogP contribution in [0.5, 0.6) is 0 Å². The van der Waals surface area contributed by atoms with Crippen molar-refractivity contribution in [2.24, 2.45) is 0 Å². The van der Waals surface area contributed by atoms with Gasteiger partial charge in [-0.25, -0.2) is 8.42 Å². The minimum atomic E-state index is -4.03. The van der Waals surface area contributed by atoms with Gasteiger partial charge >= 0.3 is 0 Å². The second kappa shape index (κ2) is 7.10. The SMILES string of the molecule is CC1NCCN(S(=O)(=O)c2c(Cl)cccc2[N+](=O)[O-])C1C.Cl. The van der Waals surface area contributed by atoms with E-state index in [0.29, 0.717) is 6.54 Å². The molecule has 2 unspecified atom stereocenters. The van der Waals surface area contributed by atoms with Crippen molar-refractivity contribution in [1.29, 1.82) is 0 Å². The van der Waals surface area contributed by atoms with Gasteiger partial charge in [-0.05, 0) is 19.9 Å². The first-order valence-corrected chi connectivity index (χ1v) is 8.26. The van der Waals surface area contributed by atoms with E-state index in [1.54, 1.807) is 6.92 Å². The third kappa shape index (κ3) is 3.36. The fourth-order valence-electron chi connectivity index (χ4n) is 2.38. The Balaban J connectivity index is 0.00000242. The first-order valence-electron chi connectivity index (χ1n) is 6.45. The first-order chi connectivity index (χ1) is 9.76. The van der Waals surface area contributed by atoms with Crippen LogP contribution in [0.25, 0.3) is 0 Å². The molecular formula is C12H17Cl2N3O4S. The zero-order valence-electron chi connectivity index (χ0n) is 12.0. The lowest BCUT2D eigenvalue weighted by Crippen LogP contribution is -2.57. The van der Waals surface area contributed by atoms with Crippen LogP contribution in [0.4, 0.5) is 5.69 Å². The summed E-state index contributed by atoms with van der Waals surface area (Å²) in [5.74, 6) is 0. The van der Waals surface area contributed by atoms with E-state index in [4.69, 9.17) is 11.6 Å². The molecule has 1 aliphatic rings. The molecule has 2 atom stereocenters. The molecule has 2 rings (SSSR count). The lowest BCUT2D eigenvalue weighted by molar-refractivity contribution is -0.387. The maximum Gasteiger partial charge on any atom is 0.290 e. The van der Waals surface area contributed by atoms with E-state index >= 15 is 0 Å². The summed E-state index contributed by atoms with van der Waals surface area (Å²) in [5, 5.41) is 14.1. The highest BCUT2D eigenvalue weighted by Crippen LogP contribution is 2.34. The van der Waals surface area contributed by atoms with E-state index in [1.807, 2.05) is 6.92 Å². The second-order valence-electron chi connectivity index (χ2n) is 4.94. The Bertz CT molecular complexity index is 668. The maximum atomic E-state index is 12.8. The summed E-state index contributed by atoms with van der Waals surface area (Å²) < 4.78 is 26.9. The molecule has 22 heavy (non-hydrogen) atoms. The van der Waals surface area contributed by atoms with Crippen molar-refractivity contribution in [1.82, 2.24) is 9.62 Å². The van der Waals surface area contributed by atoms with E-state index in [0.717, 1.165) is 6.07 Å². The molecule has 1 saturated heterocycles. The van der Waals surface area contributed by atoms with E-state index in [-0.39, 0.29) is 36.1 Å². The van der Waals surface area contributed by atoms with Gasteiger partial charge in [0.25, 0.3) is 15.7 Å². The molecule has 0 radical (unpaired) electrons. The van der Waals surface area contributed by atoms with E-state index in [1.165, 1.54) is 16.4 Å². The maximum absolute atomic E-state index is 12.8. The number of halogens is 2. The lowest BCUT2D eigenvalue weighted by Gasteiger charge is -2.37. The highest BCUT2D eigenvalue weighted by molar-refractivity contribution is 7.89. The van der Waals surface area contributed by atoms with Crippen LogP contribution in [0.2, 0.25) is 5.02 Å². The van der Waals surface area contributed by atoms with Crippen molar-refractivity contribution in [3.63, 3.8) is 0 Å². The number of nitrogens with zero attached hydrogens (tertiary/aromatic N) is 2. The number of benzene rings is 1. The van der Waals surface area contributed by atoms with Gasteiger partial charge in [-0.15, -0.1) is 12.4 Å². The summed E-state index contributed by atoms with van der Waals surface area (Å²) in [6.07, 6.45) is 0. The number of nitro benzene ring substituents is 1. The van der Waals surface area contributed by atoms with Gasteiger partial charge in [-0.1, -0.05) is 17.7 Å². The number of hydrogen-bond acceptors (Lipinski definition) is 5. The van der Waals surface area contributed by atoms with Crippen molar-refractivity contribution in [2.75, 3.05) is 13.1 Å². The summed E-state index contributed by atoms with van der Waals surface area (Å²) in [6, 6.07) is 3.49. The quantitative estimate of drug-likeness (QED) is 0.649. The van der Waals surface area contributed by atoms with Crippen molar-refractivity contribution < 1.29 is 13.3 Å². The smallest absolute Gasteiger partial charge is 0.290 e. The number of nitro groups is 1. The van der Waals surface area contributed by atoms with Gasteiger partial charge in [-0.2, -0.15) is 4.31 Å². The van der Waals surface area contributed by atoms with E-state index < -0.39 is 25.5 Å². The highest BCUT2D eigenvalue weighted by atomic mass is 35.5. The van der Waals surface area contributed by atoms with Crippen LogP contribution in [0, 0.1) is 10.1 Å². The molecule has 0 amide bonds. The van der Waals surface area contributed by atoms with Gasteiger partial charge in [0.1, 0.15) is 0 Å². The summed E-state index contributed by atoms with van der Waals surface area (Å²) in [5.41, 5.74) is -0.499.